The molecule has 2 nitrogen and oxygen atoms in total. The average molecular weight is 180 g/mol. The number of hydrogen-bond donors (Lipinski definition) is 1. The van der Waals surface area contributed by atoms with Crippen molar-refractivity contribution in [2.45, 2.75) is 45.1 Å². The van der Waals surface area contributed by atoms with Gasteiger partial charge in [-0.3, -0.25) is 0 Å². The van der Waals surface area contributed by atoms with Crippen LogP contribution in [0.1, 0.15) is 39.5 Å². The Morgan fingerprint density at radius 2 is 2.08 bits per heavy atom. The van der Waals surface area contributed by atoms with Gasteiger partial charge in [-0.05, 0) is 44.6 Å². The van der Waals surface area contributed by atoms with Gasteiger partial charge in [-0.2, -0.15) is 5.26 Å². The normalized spacial score (nSPS) is 40.8. The van der Waals surface area contributed by atoms with Gasteiger partial charge in [0.1, 0.15) is 5.54 Å². The maximum atomic E-state index is 9.03. The summed E-state index contributed by atoms with van der Waals surface area (Å²) in [7, 11) is 1.92. The highest BCUT2D eigenvalue weighted by atomic mass is 15.0. The minimum absolute atomic E-state index is 0.150. The molecule has 2 fully saturated rings. The quantitative estimate of drug-likeness (QED) is 0.672. The molecule has 0 aromatic heterocycles. The molecule has 0 aliphatic heterocycles. The molecule has 2 saturated carbocycles. The van der Waals surface area contributed by atoms with E-state index in [9.17, 15) is 0 Å². The van der Waals surface area contributed by atoms with E-state index in [0.29, 0.717) is 5.92 Å². The van der Waals surface area contributed by atoms with E-state index in [1.54, 1.807) is 0 Å². The number of nitrogens with zero attached hydrogens (tertiary/aromatic N) is 1. The van der Waals surface area contributed by atoms with Crippen LogP contribution in [0.2, 0.25) is 0 Å². The van der Waals surface area contributed by atoms with Gasteiger partial charge in [0.25, 0.3) is 0 Å². The summed E-state index contributed by atoms with van der Waals surface area (Å²) in [4.78, 5) is 0. The zero-order chi connectivity index (χ0) is 9.90. The highest BCUT2D eigenvalue weighted by Gasteiger charge is 2.50. The Labute approximate surface area is 81.3 Å². The summed E-state index contributed by atoms with van der Waals surface area (Å²) in [5, 5.41) is 12.2. The van der Waals surface area contributed by atoms with E-state index in [0.717, 1.165) is 12.3 Å². The zero-order valence-electron chi connectivity index (χ0n) is 8.93. The summed E-state index contributed by atoms with van der Waals surface area (Å²) in [5.74, 6) is 1.48. The van der Waals surface area contributed by atoms with Gasteiger partial charge in [-0.15, -0.1) is 0 Å². The molecular weight excluding hydrogens is 160 g/mol. The van der Waals surface area contributed by atoms with Gasteiger partial charge in [-0.25, -0.2) is 0 Å². The van der Waals surface area contributed by atoms with Crippen molar-refractivity contribution < 1.29 is 0 Å². The number of hydrogen-bond acceptors (Lipinski definition) is 2. The molecule has 0 aromatic rings. The fourth-order valence-corrected chi connectivity index (χ4v) is 2.83. The third-order valence-electron chi connectivity index (χ3n) is 3.49. The molecular formula is C11H20N2. The summed E-state index contributed by atoms with van der Waals surface area (Å²) in [5.41, 5.74) is -0.150. The summed E-state index contributed by atoms with van der Waals surface area (Å²) in [6.45, 7) is 4.00. The average Bonchev–Trinajstić information content (AvgIpc) is 2.80. The SMILES string of the molecule is CC.CNC1(C#N)CC2CCC1C2. The fourth-order valence-electron chi connectivity index (χ4n) is 2.83. The van der Waals surface area contributed by atoms with Gasteiger partial charge < -0.3 is 5.32 Å². The molecule has 2 aliphatic rings. The van der Waals surface area contributed by atoms with Gasteiger partial charge in [0.05, 0.1) is 6.07 Å². The minimum atomic E-state index is -0.150. The van der Waals surface area contributed by atoms with E-state index in [1.807, 2.05) is 20.9 Å². The van der Waals surface area contributed by atoms with Gasteiger partial charge in [0.15, 0.2) is 0 Å². The Morgan fingerprint density at radius 1 is 1.38 bits per heavy atom. The molecule has 2 aliphatic carbocycles. The Balaban J connectivity index is 0.000000396. The van der Waals surface area contributed by atoms with Gasteiger partial charge in [0.2, 0.25) is 0 Å². The molecule has 2 rings (SSSR count). The molecule has 3 atom stereocenters. The second-order valence-electron chi connectivity index (χ2n) is 3.91. The maximum absolute atomic E-state index is 9.03. The Morgan fingerprint density at radius 3 is 2.31 bits per heavy atom. The van der Waals surface area contributed by atoms with Crippen LogP contribution in [0.5, 0.6) is 0 Å². The van der Waals surface area contributed by atoms with Crippen LogP contribution in [0.15, 0.2) is 0 Å². The standard InChI is InChI=1S/C9H14N2.C2H6/c1-11-9(6-10)5-7-2-3-8(9)4-7;1-2/h7-8,11H,2-5H2,1H3;1-2H3. The predicted molar refractivity (Wildman–Crippen MR) is 54.2 cm³/mol. The summed E-state index contributed by atoms with van der Waals surface area (Å²) in [6.07, 6.45) is 4.99. The summed E-state index contributed by atoms with van der Waals surface area (Å²) in [6, 6.07) is 2.45. The second-order valence-corrected chi connectivity index (χ2v) is 3.91. The highest BCUT2D eigenvalue weighted by Crippen LogP contribution is 2.50. The number of nitrogens with one attached hydrogen (secondary N) is 1. The van der Waals surface area contributed by atoms with Crippen molar-refractivity contribution in [3.05, 3.63) is 0 Å². The van der Waals surface area contributed by atoms with Crippen LogP contribution < -0.4 is 5.32 Å². The largest absolute Gasteiger partial charge is 0.302 e. The second kappa shape index (κ2) is 4.11. The first-order valence-electron chi connectivity index (χ1n) is 5.41. The molecule has 3 unspecified atom stereocenters. The van der Waals surface area contributed by atoms with E-state index in [-0.39, 0.29) is 5.54 Å². The minimum Gasteiger partial charge on any atom is -0.302 e. The molecule has 0 heterocycles. The van der Waals surface area contributed by atoms with Crippen molar-refractivity contribution in [1.29, 1.82) is 5.26 Å². The van der Waals surface area contributed by atoms with Gasteiger partial charge >= 0.3 is 0 Å². The van der Waals surface area contributed by atoms with Crippen LogP contribution >= 0.6 is 0 Å². The van der Waals surface area contributed by atoms with E-state index in [4.69, 9.17) is 5.26 Å². The van der Waals surface area contributed by atoms with Crippen molar-refractivity contribution in [3.8, 4) is 6.07 Å². The third kappa shape index (κ3) is 1.58. The highest BCUT2D eigenvalue weighted by molar-refractivity contribution is 5.17. The molecule has 74 valence electrons. The zero-order valence-corrected chi connectivity index (χ0v) is 8.93. The monoisotopic (exact) mass is 180 g/mol. The van der Waals surface area contributed by atoms with E-state index in [2.05, 4.69) is 11.4 Å². The molecule has 0 amide bonds. The molecule has 2 heteroatoms. The number of rotatable bonds is 1. The lowest BCUT2D eigenvalue weighted by molar-refractivity contribution is 0.292. The van der Waals surface area contributed by atoms with Crippen LogP contribution in [0.25, 0.3) is 0 Å². The van der Waals surface area contributed by atoms with Crippen LogP contribution in [-0.2, 0) is 0 Å². The van der Waals surface area contributed by atoms with Crippen molar-refractivity contribution in [1.82, 2.24) is 5.32 Å². The summed E-state index contributed by atoms with van der Waals surface area (Å²) >= 11 is 0. The smallest absolute Gasteiger partial charge is 0.109 e. The van der Waals surface area contributed by atoms with Crippen molar-refractivity contribution in [2.75, 3.05) is 7.05 Å². The van der Waals surface area contributed by atoms with Crippen molar-refractivity contribution >= 4 is 0 Å². The lowest BCUT2D eigenvalue weighted by Gasteiger charge is -2.30. The third-order valence-corrected chi connectivity index (χ3v) is 3.49. The molecule has 1 N–H and O–H groups in total. The van der Waals surface area contributed by atoms with Crippen LogP contribution in [-0.4, -0.2) is 12.6 Å². The first-order chi connectivity index (χ1) is 6.30. The van der Waals surface area contributed by atoms with Gasteiger partial charge in [-0.1, -0.05) is 13.8 Å². The topological polar surface area (TPSA) is 35.8 Å². The molecule has 0 spiro atoms. The molecule has 0 aromatic carbocycles. The van der Waals surface area contributed by atoms with E-state index < -0.39 is 0 Å². The Bertz CT molecular complexity index is 207. The summed E-state index contributed by atoms with van der Waals surface area (Å²) < 4.78 is 0. The molecule has 13 heavy (non-hydrogen) atoms. The Kier molecular flexibility index (Phi) is 3.33. The first-order valence-corrected chi connectivity index (χ1v) is 5.41. The van der Waals surface area contributed by atoms with Crippen LogP contribution in [0, 0.1) is 23.2 Å². The molecule has 0 radical (unpaired) electrons. The van der Waals surface area contributed by atoms with Crippen molar-refractivity contribution in [2.24, 2.45) is 11.8 Å². The molecule has 2 bridgehead atoms. The first kappa shape index (κ1) is 10.5. The number of nitriles is 1. The fraction of sp³-hybridized carbons (Fsp3) is 0.909. The number of fused-ring (bicyclic) bond motifs is 2. The van der Waals surface area contributed by atoms with E-state index >= 15 is 0 Å². The van der Waals surface area contributed by atoms with Gasteiger partial charge in [0, 0.05) is 0 Å². The van der Waals surface area contributed by atoms with Crippen LogP contribution in [0.4, 0.5) is 0 Å². The van der Waals surface area contributed by atoms with E-state index in [1.165, 1.54) is 19.3 Å². The lowest BCUT2D eigenvalue weighted by Crippen LogP contribution is -2.46. The van der Waals surface area contributed by atoms with Crippen LogP contribution in [0.3, 0.4) is 0 Å². The lowest BCUT2D eigenvalue weighted by atomic mass is 9.82. The maximum Gasteiger partial charge on any atom is 0.109 e. The predicted octanol–water partition coefficient (Wildman–Crippen LogP) is 2.31. The molecule has 0 saturated heterocycles. The Hall–Kier alpha value is -0.550. The van der Waals surface area contributed by atoms with Crippen molar-refractivity contribution in [3.63, 3.8) is 0 Å².